The van der Waals surface area contributed by atoms with E-state index < -0.39 is 0 Å². The van der Waals surface area contributed by atoms with Crippen molar-refractivity contribution in [2.75, 3.05) is 25.5 Å². The molecule has 0 spiro atoms. The second-order valence-electron chi connectivity index (χ2n) is 3.40. The summed E-state index contributed by atoms with van der Waals surface area (Å²) in [5.74, 6) is -0.299. The van der Waals surface area contributed by atoms with Gasteiger partial charge in [0.1, 0.15) is 5.82 Å². The van der Waals surface area contributed by atoms with Gasteiger partial charge in [-0.25, -0.2) is 4.39 Å². The topological polar surface area (TPSA) is 47.3 Å². The van der Waals surface area contributed by atoms with Crippen molar-refractivity contribution in [3.05, 3.63) is 29.6 Å². The first-order chi connectivity index (χ1) is 6.75. The summed E-state index contributed by atoms with van der Waals surface area (Å²) >= 11 is 0. The van der Waals surface area contributed by atoms with Gasteiger partial charge in [0.15, 0.2) is 0 Å². The zero-order chi connectivity index (χ0) is 9.97. The van der Waals surface area contributed by atoms with Crippen molar-refractivity contribution in [2.45, 2.75) is 6.04 Å². The SMILES string of the molecule is Nc1cc(F)cc([C@H]2COCCN2)c1. The lowest BCUT2D eigenvalue weighted by atomic mass is 10.1. The minimum Gasteiger partial charge on any atom is -0.399 e. The maximum Gasteiger partial charge on any atom is 0.125 e. The van der Waals surface area contributed by atoms with Crippen LogP contribution >= 0.6 is 0 Å². The third-order valence-corrected chi connectivity index (χ3v) is 2.27. The second-order valence-corrected chi connectivity index (χ2v) is 3.40. The molecule has 1 saturated heterocycles. The molecule has 1 heterocycles. The molecule has 0 aromatic heterocycles. The minimum atomic E-state index is -0.299. The molecular formula is C10H13FN2O. The van der Waals surface area contributed by atoms with Crippen molar-refractivity contribution in [3.8, 4) is 0 Å². The van der Waals surface area contributed by atoms with Gasteiger partial charge in [-0.05, 0) is 23.8 Å². The Labute approximate surface area is 82.1 Å². The summed E-state index contributed by atoms with van der Waals surface area (Å²) in [6, 6.07) is 4.63. The Morgan fingerprint density at radius 3 is 2.93 bits per heavy atom. The maximum atomic E-state index is 13.0. The molecule has 76 valence electrons. The quantitative estimate of drug-likeness (QED) is 0.660. The maximum absolute atomic E-state index is 13.0. The highest BCUT2D eigenvalue weighted by atomic mass is 19.1. The zero-order valence-electron chi connectivity index (χ0n) is 7.79. The van der Waals surface area contributed by atoms with Crippen LogP contribution < -0.4 is 11.1 Å². The van der Waals surface area contributed by atoms with E-state index in [9.17, 15) is 4.39 Å². The third kappa shape index (κ3) is 2.02. The predicted octanol–water partition coefficient (Wildman–Crippen LogP) is 1.07. The summed E-state index contributed by atoms with van der Waals surface area (Å²) in [4.78, 5) is 0. The Morgan fingerprint density at radius 1 is 1.43 bits per heavy atom. The first-order valence-electron chi connectivity index (χ1n) is 4.63. The molecule has 1 aromatic rings. The van der Waals surface area contributed by atoms with Gasteiger partial charge in [-0.2, -0.15) is 0 Å². The number of hydrogen-bond donors (Lipinski definition) is 2. The first-order valence-corrected chi connectivity index (χ1v) is 4.63. The van der Waals surface area contributed by atoms with E-state index in [2.05, 4.69) is 5.32 Å². The fourth-order valence-electron chi connectivity index (χ4n) is 1.62. The average Bonchev–Trinajstić information content (AvgIpc) is 2.18. The van der Waals surface area contributed by atoms with Crippen molar-refractivity contribution < 1.29 is 9.13 Å². The summed E-state index contributed by atoms with van der Waals surface area (Å²) in [7, 11) is 0. The molecule has 3 nitrogen and oxygen atoms in total. The first kappa shape index (κ1) is 9.43. The highest BCUT2D eigenvalue weighted by Gasteiger charge is 2.15. The van der Waals surface area contributed by atoms with Gasteiger partial charge in [0.25, 0.3) is 0 Å². The lowest BCUT2D eigenvalue weighted by molar-refractivity contribution is 0.0768. The standard InChI is InChI=1S/C10H13FN2O/c11-8-3-7(4-9(12)5-8)10-6-14-2-1-13-10/h3-5,10,13H,1-2,6,12H2/t10-/m1/s1. The molecule has 0 radical (unpaired) electrons. The lowest BCUT2D eigenvalue weighted by Gasteiger charge is -2.24. The van der Waals surface area contributed by atoms with Crippen molar-refractivity contribution in [3.63, 3.8) is 0 Å². The molecule has 0 aliphatic carbocycles. The predicted molar refractivity (Wildman–Crippen MR) is 52.4 cm³/mol. The van der Waals surface area contributed by atoms with Gasteiger partial charge in [0.2, 0.25) is 0 Å². The average molecular weight is 196 g/mol. The summed E-state index contributed by atoms with van der Waals surface area (Å²) in [5.41, 5.74) is 6.86. The van der Waals surface area contributed by atoms with Crippen LogP contribution in [0.2, 0.25) is 0 Å². The second kappa shape index (κ2) is 3.94. The molecular weight excluding hydrogens is 183 g/mol. The number of nitrogen functional groups attached to an aromatic ring is 1. The van der Waals surface area contributed by atoms with E-state index in [1.54, 1.807) is 6.07 Å². The van der Waals surface area contributed by atoms with Gasteiger partial charge < -0.3 is 15.8 Å². The molecule has 0 amide bonds. The van der Waals surface area contributed by atoms with Gasteiger partial charge >= 0.3 is 0 Å². The van der Waals surface area contributed by atoms with E-state index in [0.29, 0.717) is 18.9 Å². The number of morpholine rings is 1. The van der Waals surface area contributed by atoms with Crippen LogP contribution in [0.1, 0.15) is 11.6 Å². The molecule has 1 aromatic carbocycles. The van der Waals surface area contributed by atoms with Crippen molar-refractivity contribution in [2.24, 2.45) is 0 Å². The van der Waals surface area contributed by atoms with Crippen molar-refractivity contribution in [1.82, 2.24) is 5.32 Å². The van der Waals surface area contributed by atoms with Gasteiger partial charge in [-0.3, -0.25) is 0 Å². The normalized spacial score (nSPS) is 22.2. The highest BCUT2D eigenvalue weighted by Crippen LogP contribution is 2.19. The van der Waals surface area contributed by atoms with Crippen LogP contribution in [-0.4, -0.2) is 19.8 Å². The molecule has 1 atom stereocenters. The number of halogens is 1. The Bertz CT molecular complexity index is 304. The smallest absolute Gasteiger partial charge is 0.125 e. The Hall–Kier alpha value is -1.13. The van der Waals surface area contributed by atoms with E-state index in [0.717, 1.165) is 12.1 Å². The molecule has 1 aliphatic heterocycles. The van der Waals surface area contributed by atoms with Crippen LogP contribution in [-0.2, 0) is 4.74 Å². The largest absolute Gasteiger partial charge is 0.399 e. The molecule has 0 unspecified atom stereocenters. The number of ether oxygens (including phenoxy) is 1. The number of nitrogens with one attached hydrogen (secondary N) is 1. The van der Waals surface area contributed by atoms with Crippen LogP contribution in [0.5, 0.6) is 0 Å². The Kier molecular flexibility index (Phi) is 2.65. The van der Waals surface area contributed by atoms with Crippen LogP contribution in [0.15, 0.2) is 18.2 Å². The third-order valence-electron chi connectivity index (χ3n) is 2.27. The van der Waals surface area contributed by atoms with Crippen LogP contribution in [0.25, 0.3) is 0 Å². The summed E-state index contributed by atoms with van der Waals surface area (Å²) in [6.45, 7) is 2.07. The number of benzene rings is 1. The summed E-state index contributed by atoms with van der Waals surface area (Å²) in [5, 5.41) is 3.24. The van der Waals surface area contributed by atoms with Crippen LogP contribution in [0.3, 0.4) is 0 Å². The molecule has 0 bridgehead atoms. The summed E-state index contributed by atoms with van der Waals surface area (Å²) < 4.78 is 18.3. The Balaban J connectivity index is 2.21. The van der Waals surface area contributed by atoms with Gasteiger partial charge in [-0.1, -0.05) is 0 Å². The van der Waals surface area contributed by atoms with E-state index in [4.69, 9.17) is 10.5 Å². The molecule has 4 heteroatoms. The zero-order valence-corrected chi connectivity index (χ0v) is 7.79. The van der Waals surface area contributed by atoms with Gasteiger partial charge in [-0.15, -0.1) is 0 Å². The van der Waals surface area contributed by atoms with E-state index in [1.165, 1.54) is 12.1 Å². The van der Waals surface area contributed by atoms with Crippen molar-refractivity contribution >= 4 is 5.69 Å². The summed E-state index contributed by atoms with van der Waals surface area (Å²) in [6.07, 6.45) is 0. The number of rotatable bonds is 1. The molecule has 1 fully saturated rings. The van der Waals surface area contributed by atoms with Crippen LogP contribution in [0, 0.1) is 5.82 Å². The lowest BCUT2D eigenvalue weighted by Crippen LogP contribution is -2.34. The van der Waals surface area contributed by atoms with Crippen molar-refractivity contribution in [1.29, 1.82) is 0 Å². The van der Waals surface area contributed by atoms with Gasteiger partial charge in [0.05, 0.1) is 19.3 Å². The van der Waals surface area contributed by atoms with E-state index in [1.807, 2.05) is 0 Å². The number of nitrogens with two attached hydrogens (primary N) is 1. The number of anilines is 1. The van der Waals surface area contributed by atoms with E-state index >= 15 is 0 Å². The van der Waals surface area contributed by atoms with Crippen LogP contribution in [0.4, 0.5) is 10.1 Å². The molecule has 14 heavy (non-hydrogen) atoms. The fourth-order valence-corrected chi connectivity index (χ4v) is 1.62. The molecule has 2 rings (SSSR count). The molecule has 0 saturated carbocycles. The number of hydrogen-bond acceptors (Lipinski definition) is 3. The van der Waals surface area contributed by atoms with E-state index in [-0.39, 0.29) is 11.9 Å². The molecule has 3 N–H and O–H groups in total. The van der Waals surface area contributed by atoms with Gasteiger partial charge in [0, 0.05) is 12.2 Å². The highest BCUT2D eigenvalue weighted by molar-refractivity contribution is 5.42. The minimum absolute atomic E-state index is 0.0572. The molecule has 1 aliphatic rings. The fraction of sp³-hybridized carbons (Fsp3) is 0.400. The monoisotopic (exact) mass is 196 g/mol. The Morgan fingerprint density at radius 2 is 2.29 bits per heavy atom.